The number of esters is 1. The number of ether oxygens (including phenoxy) is 1. The van der Waals surface area contributed by atoms with Gasteiger partial charge in [0.2, 0.25) is 0 Å². The molecule has 0 saturated carbocycles. The summed E-state index contributed by atoms with van der Waals surface area (Å²) >= 11 is 6.59. The molecule has 0 radical (unpaired) electrons. The Morgan fingerprint density at radius 2 is 2.00 bits per heavy atom. The van der Waals surface area contributed by atoms with Gasteiger partial charge in [-0.15, -0.1) is 0 Å². The first-order valence-electron chi connectivity index (χ1n) is 9.14. The molecule has 1 heterocycles. The maximum Gasteiger partial charge on any atom is 0.343 e. The van der Waals surface area contributed by atoms with Crippen LogP contribution in [-0.2, 0) is 4.79 Å². The van der Waals surface area contributed by atoms with Gasteiger partial charge in [-0.3, -0.25) is 19.8 Å². The fourth-order valence-corrected chi connectivity index (χ4v) is 4.20. The molecule has 0 spiro atoms. The predicted molar refractivity (Wildman–Crippen MR) is 119 cm³/mol. The Morgan fingerprint density at radius 1 is 1.30 bits per heavy atom. The van der Waals surface area contributed by atoms with Crippen molar-refractivity contribution >= 4 is 51.9 Å². The molecule has 30 heavy (non-hydrogen) atoms. The minimum Gasteiger partial charge on any atom is -0.423 e. The summed E-state index contributed by atoms with van der Waals surface area (Å²) in [4.78, 5) is 37.3. The lowest BCUT2D eigenvalue weighted by Crippen LogP contribution is -2.36. The number of thiocarbonyl (C=S) groups is 1. The Labute approximate surface area is 182 Å². The van der Waals surface area contributed by atoms with Gasteiger partial charge in [-0.1, -0.05) is 49.1 Å². The van der Waals surface area contributed by atoms with Gasteiger partial charge in [-0.05, 0) is 43.2 Å². The van der Waals surface area contributed by atoms with Crippen LogP contribution in [0.4, 0.5) is 5.69 Å². The van der Waals surface area contributed by atoms with E-state index >= 15 is 0 Å². The van der Waals surface area contributed by atoms with Gasteiger partial charge >= 0.3 is 5.97 Å². The summed E-state index contributed by atoms with van der Waals surface area (Å²) in [5.74, 6) is -0.516. The SMILES string of the molecule is CCC(C)N1C(=O)/C(=C\c2ccc(OC(=O)c3cccc([N+](=O)[O-])c3)cc2)SC1=S. The van der Waals surface area contributed by atoms with E-state index in [9.17, 15) is 19.7 Å². The first-order chi connectivity index (χ1) is 14.3. The van der Waals surface area contributed by atoms with Gasteiger partial charge in [0.1, 0.15) is 10.1 Å². The van der Waals surface area contributed by atoms with Crippen LogP contribution in [-0.4, -0.2) is 32.1 Å². The third kappa shape index (κ3) is 4.74. The Kier molecular flexibility index (Phi) is 6.63. The highest BCUT2D eigenvalue weighted by atomic mass is 32.2. The molecule has 1 saturated heterocycles. The number of hydrogen-bond acceptors (Lipinski definition) is 7. The minimum atomic E-state index is -0.694. The van der Waals surface area contributed by atoms with Crippen molar-refractivity contribution in [1.29, 1.82) is 0 Å². The fourth-order valence-electron chi connectivity index (χ4n) is 2.74. The molecule has 0 aliphatic carbocycles. The van der Waals surface area contributed by atoms with E-state index < -0.39 is 10.9 Å². The standard InChI is InChI=1S/C21H18N2O5S2/c1-3-13(2)22-19(24)18(30-21(22)29)11-14-7-9-17(10-8-14)28-20(25)15-5-4-6-16(12-15)23(26)27/h4-13H,3H2,1-2H3/b18-11+. The molecule has 0 N–H and O–H groups in total. The van der Waals surface area contributed by atoms with Crippen molar-refractivity contribution in [2.24, 2.45) is 0 Å². The van der Waals surface area contributed by atoms with Crippen LogP contribution in [0.15, 0.2) is 53.4 Å². The van der Waals surface area contributed by atoms with E-state index in [0.29, 0.717) is 9.23 Å². The molecule has 0 aromatic heterocycles. The van der Waals surface area contributed by atoms with E-state index in [2.05, 4.69) is 0 Å². The van der Waals surface area contributed by atoms with Crippen LogP contribution in [0.2, 0.25) is 0 Å². The molecule has 7 nitrogen and oxygen atoms in total. The van der Waals surface area contributed by atoms with Gasteiger partial charge in [-0.25, -0.2) is 4.79 Å². The lowest BCUT2D eigenvalue weighted by Gasteiger charge is -2.21. The van der Waals surface area contributed by atoms with Gasteiger partial charge < -0.3 is 4.74 Å². The summed E-state index contributed by atoms with van der Waals surface area (Å²) in [5.41, 5.74) is 0.659. The van der Waals surface area contributed by atoms with Gasteiger partial charge in [0.05, 0.1) is 15.4 Å². The Bertz CT molecular complexity index is 1050. The van der Waals surface area contributed by atoms with Crippen molar-refractivity contribution in [2.45, 2.75) is 26.3 Å². The normalized spacial score (nSPS) is 16.1. The van der Waals surface area contributed by atoms with E-state index in [1.54, 1.807) is 35.2 Å². The summed E-state index contributed by atoms with van der Waals surface area (Å²) < 4.78 is 5.82. The van der Waals surface area contributed by atoms with Crippen LogP contribution in [0.5, 0.6) is 5.75 Å². The molecular weight excluding hydrogens is 424 g/mol. The summed E-state index contributed by atoms with van der Waals surface area (Å²) in [5, 5.41) is 10.8. The summed E-state index contributed by atoms with van der Waals surface area (Å²) in [6, 6.07) is 12.0. The zero-order valence-electron chi connectivity index (χ0n) is 16.2. The molecule has 9 heteroatoms. The summed E-state index contributed by atoms with van der Waals surface area (Å²) in [6.45, 7) is 3.96. The first-order valence-corrected chi connectivity index (χ1v) is 10.4. The number of amides is 1. The van der Waals surface area contributed by atoms with Crippen LogP contribution in [0, 0.1) is 10.1 Å². The molecule has 1 aliphatic rings. The maximum absolute atomic E-state index is 12.6. The first kappa shape index (κ1) is 21.7. The predicted octanol–water partition coefficient (Wildman–Crippen LogP) is 4.81. The molecule has 0 bridgehead atoms. The van der Waals surface area contributed by atoms with Crippen molar-refractivity contribution in [3.8, 4) is 5.75 Å². The monoisotopic (exact) mass is 442 g/mol. The number of carbonyl (C=O) groups excluding carboxylic acids is 2. The number of benzene rings is 2. The third-order valence-corrected chi connectivity index (χ3v) is 5.87. The zero-order valence-corrected chi connectivity index (χ0v) is 17.9. The molecule has 1 fully saturated rings. The van der Waals surface area contributed by atoms with Crippen LogP contribution < -0.4 is 4.74 Å². The largest absolute Gasteiger partial charge is 0.423 e. The quantitative estimate of drug-likeness (QED) is 0.158. The van der Waals surface area contributed by atoms with Gasteiger partial charge in [0, 0.05) is 18.2 Å². The number of nitro groups is 1. The van der Waals surface area contributed by atoms with Crippen LogP contribution in [0.3, 0.4) is 0 Å². The smallest absolute Gasteiger partial charge is 0.343 e. The lowest BCUT2D eigenvalue weighted by atomic mass is 10.2. The van der Waals surface area contributed by atoms with Crippen molar-refractivity contribution in [2.75, 3.05) is 0 Å². The topological polar surface area (TPSA) is 89.8 Å². The van der Waals surface area contributed by atoms with Crippen molar-refractivity contribution < 1.29 is 19.2 Å². The number of nitro benzene ring substituents is 1. The number of rotatable bonds is 6. The molecule has 1 unspecified atom stereocenters. The lowest BCUT2D eigenvalue weighted by molar-refractivity contribution is -0.384. The number of thioether (sulfide) groups is 1. The van der Waals surface area contributed by atoms with Gasteiger partial charge in [0.15, 0.2) is 0 Å². The molecule has 2 aromatic carbocycles. The molecule has 2 aromatic rings. The highest BCUT2D eigenvalue weighted by molar-refractivity contribution is 8.26. The molecule has 1 aliphatic heterocycles. The fraction of sp³-hybridized carbons (Fsp3) is 0.190. The minimum absolute atomic E-state index is 0.0407. The van der Waals surface area contributed by atoms with Crippen molar-refractivity contribution in [3.63, 3.8) is 0 Å². The van der Waals surface area contributed by atoms with Crippen molar-refractivity contribution in [3.05, 3.63) is 74.7 Å². The molecule has 1 atom stereocenters. The Morgan fingerprint density at radius 3 is 2.63 bits per heavy atom. The highest BCUT2D eigenvalue weighted by Crippen LogP contribution is 2.34. The molecule has 1 amide bonds. The van der Waals surface area contributed by atoms with Crippen molar-refractivity contribution in [1.82, 2.24) is 4.90 Å². The average molecular weight is 443 g/mol. The van der Waals surface area contributed by atoms with E-state index in [4.69, 9.17) is 17.0 Å². The number of nitrogens with zero attached hydrogens (tertiary/aromatic N) is 2. The van der Waals surface area contributed by atoms with E-state index in [0.717, 1.165) is 18.1 Å². The zero-order chi connectivity index (χ0) is 21.8. The molecular formula is C21H18N2O5S2. The summed E-state index contributed by atoms with van der Waals surface area (Å²) in [6.07, 6.45) is 2.55. The van der Waals surface area contributed by atoms with Gasteiger partial charge in [0.25, 0.3) is 11.6 Å². The van der Waals surface area contributed by atoms with E-state index in [-0.39, 0.29) is 28.9 Å². The maximum atomic E-state index is 12.6. The summed E-state index contributed by atoms with van der Waals surface area (Å²) in [7, 11) is 0. The second-order valence-electron chi connectivity index (χ2n) is 6.57. The third-order valence-electron chi connectivity index (χ3n) is 4.54. The second kappa shape index (κ2) is 9.19. The van der Waals surface area contributed by atoms with Gasteiger partial charge in [-0.2, -0.15) is 0 Å². The second-order valence-corrected chi connectivity index (χ2v) is 8.25. The van der Waals surface area contributed by atoms with E-state index in [1.807, 2.05) is 13.8 Å². The Balaban J connectivity index is 1.71. The number of hydrogen-bond donors (Lipinski definition) is 0. The highest BCUT2D eigenvalue weighted by Gasteiger charge is 2.34. The number of non-ortho nitro benzene ring substituents is 1. The van der Waals surface area contributed by atoms with Crippen LogP contribution in [0.1, 0.15) is 36.2 Å². The van der Waals surface area contributed by atoms with Crippen LogP contribution >= 0.6 is 24.0 Å². The van der Waals surface area contributed by atoms with Crippen LogP contribution in [0.25, 0.3) is 6.08 Å². The average Bonchev–Trinajstić information content (AvgIpc) is 3.01. The van der Waals surface area contributed by atoms with E-state index in [1.165, 1.54) is 30.0 Å². The molecule has 3 rings (SSSR count). The molecule has 154 valence electrons. The number of carbonyl (C=O) groups is 2. The Hall–Kier alpha value is -3.04.